The van der Waals surface area contributed by atoms with Crippen LogP contribution in [-0.4, -0.2) is 65.9 Å². The van der Waals surface area contributed by atoms with E-state index in [1.807, 2.05) is 36.4 Å². The Kier molecular flexibility index (Phi) is 8.84. The van der Waals surface area contributed by atoms with Crippen molar-refractivity contribution in [1.82, 2.24) is 4.90 Å². The summed E-state index contributed by atoms with van der Waals surface area (Å²) in [4.78, 5) is 24.9. The van der Waals surface area contributed by atoms with E-state index in [2.05, 4.69) is 10.2 Å². The minimum absolute atomic E-state index is 0.00358. The zero-order valence-electron chi connectivity index (χ0n) is 19.6. The summed E-state index contributed by atoms with van der Waals surface area (Å²) >= 11 is 0. The number of aliphatic hydroxyl groups is 1. The second-order valence-corrected chi connectivity index (χ2v) is 8.83. The number of hydrogen-bond donors (Lipinski definition) is 3. The molecule has 3 N–H and O–H groups in total. The third-order valence-electron chi connectivity index (χ3n) is 6.21. The molecule has 2 saturated heterocycles. The normalized spacial score (nSPS) is 23.1. The molecular weight excluding hydrogens is 452 g/mol. The van der Waals surface area contributed by atoms with E-state index in [9.17, 15) is 14.7 Å². The predicted octanol–water partition coefficient (Wildman–Crippen LogP) is 2.86. The number of carboxylic acid groups (broad SMARTS) is 1. The molecule has 2 heterocycles. The monoisotopic (exact) mass is 484 g/mol. The lowest BCUT2D eigenvalue weighted by molar-refractivity contribution is -0.253. The summed E-state index contributed by atoms with van der Waals surface area (Å²) in [6.07, 6.45) is -0.351. The minimum Gasteiger partial charge on any atom is -0.481 e. The van der Waals surface area contributed by atoms with Crippen LogP contribution in [0.25, 0.3) is 0 Å². The number of carboxylic acids is 1. The third kappa shape index (κ3) is 7.33. The number of amides is 1. The zero-order valence-corrected chi connectivity index (χ0v) is 19.6. The Morgan fingerprint density at radius 2 is 1.63 bits per heavy atom. The van der Waals surface area contributed by atoms with E-state index in [0.29, 0.717) is 12.1 Å². The fourth-order valence-corrected chi connectivity index (χ4v) is 4.27. The number of morpholine rings is 1. The lowest BCUT2D eigenvalue weighted by Crippen LogP contribution is -2.44. The average Bonchev–Trinajstić information content (AvgIpc) is 2.88. The molecule has 188 valence electrons. The molecule has 4 rings (SSSR count). The lowest BCUT2D eigenvalue weighted by atomic mass is 9.99. The summed E-state index contributed by atoms with van der Waals surface area (Å²) in [6.45, 7) is 3.97. The fourth-order valence-electron chi connectivity index (χ4n) is 4.27. The van der Waals surface area contributed by atoms with Crippen LogP contribution in [-0.2, 0) is 30.4 Å². The second kappa shape index (κ2) is 12.2. The van der Waals surface area contributed by atoms with Crippen LogP contribution >= 0.6 is 0 Å². The smallest absolute Gasteiger partial charge is 0.303 e. The molecule has 0 unspecified atom stereocenters. The Hall–Kier alpha value is -2.82. The first-order chi connectivity index (χ1) is 17.0. The number of carbonyl (C=O) groups excluding carboxylic acids is 1. The molecule has 2 aromatic carbocycles. The topological polar surface area (TPSA) is 118 Å². The van der Waals surface area contributed by atoms with Gasteiger partial charge in [-0.15, -0.1) is 0 Å². The molecule has 3 atom stereocenters. The van der Waals surface area contributed by atoms with Crippen LogP contribution in [0.15, 0.2) is 48.5 Å². The Morgan fingerprint density at radius 3 is 2.29 bits per heavy atom. The molecule has 9 heteroatoms. The quantitative estimate of drug-likeness (QED) is 0.497. The highest BCUT2D eigenvalue weighted by molar-refractivity contribution is 5.92. The molecule has 0 bridgehead atoms. The largest absolute Gasteiger partial charge is 0.481 e. The van der Waals surface area contributed by atoms with Gasteiger partial charge in [0.2, 0.25) is 5.91 Å². The molecule has 1 amide bonds. The second-order valence-electron chi connectivity index (χ2n) is 8.83. The maximum Gasteiger partial charge on any atom is 0.303 e. The lowest BCUT2D eigenvalue weighted by Gasteiger charge is -2.39. The molecule has 2 aliphatic heterocycles. The SMILES string of the molecule is O=C(O)CCC(=O)Nc1ccc([C@H]2O[C@@H](CN3CCOCC3)C[C@@H](c3ccc(CO)cc3)O2)cc1. The van der Waals surface area contributed by atoms with Gasteiger partial charge in [0, 0.05) is 43.7 Å². The third-order valence-corrected chi connectivity index (χ3v) is 6.21. The van der Waals surface area contributed by atoms with Gasteiger partial charge in [0.25, 0.3) is 0 Å². The molecular formula is C26H32N2O7. The molecule has 2 aromatic rings. The van der Waals surface area contributed by atoms with Gasteiger partial charge in [0.05, 0.1) is 38.4 Å². The van der Waals surface area contributed by atoms with E-state index in [-0.39, 0.29) is 37.6 Å². The van der Waals surface area contributed by atoms with Crippen molar-refractivity contribution < 1.29 is 34.0 Å². The molecule has 2 aliphatic rings. The van der Waals surface area contributed by atoms with Crippen LogP contribution in [0.1, 0.15) is 48.3 Å². The highest BCUT2D eigenvalue weighted by Crippen LogP contribution is 2.38. The van der Waals surface area contributed by atoms with Crippen LogP contribution in [0, 0.1) is 0 Å². The highest BCUT2D eigenvalue weighted by atomic mass is 16.7. The number of carbonyl (C=O) groups is 2. The molecule has 35 heavy (non-hydrogen) atoms. The van der Waals surface area contributed by atoms with Crippen LogP contribution in [0.3, 0.4) is 0 Å². The van der Waals surface area contributed by atoms with Crippen molar-refractivity contribution in [2.24, 2.45) is 0 Å². The van der Waals surface area contributed by atoms with Gasteiger partial charge < -0.3 is 29.7 Å². The van der Waals surface area contributed by atoms with Crippen molar-refractivity contribution in [2.45, 2.75) is 44.4 Å². The summed E-state index contributed by atoms with van der Waals surface area (Å²) in [5, 5.41) is 20.8. The van der Waals surface area contributed by atoms with E-state index < -0.39 is 12.3 Å². The van der Waals surface area contributed by atoms with E-state index in [1.54, 1.807) is 12.1 Å². The van der Waals surface area contributed by atoms with Gasteiger partial charge in [-0.25, -0.2) is 0 Å². The van der Waals surface area contributed by atoms with Gasteiger partial charge in [-0.1, -0.05) is 36.4 Å². The summed E-state index contributed by atoms with van der Waals surface area (Å²) in [6, 6.07) is 15.0. The highest BCUT2D eigenvalue weighted by Gasteiger charge is 2.33. The van der Waals surface area contributed by atoms with Crippen molar-refractivity contribution in [3.05, 3.63) is 65.2 Å². The van der Waals surface area contributed by atoms with E-state index in [1.165, 1.54) is 0 Å². The van der Waals surface area contributed by atoms with Crippen molar-refractivity contribution in [3.63, 3.8) is 0 Å². The fraction of sp³-hybridized carbons (Fsp3) is 0.462. The van der Waals surface area contributed by atoms with Crippen LogP contribution in [0.4, 0.5) is 5.69 Å². The summed E-state index contributed by atoms with van der Waals surface area (Å²) < 4.78 is 18.2. The number of hydrogen-bond acceptors (Lipinski definition) is 7. The summed E-state index contributed by atoms with van der Waals surface area (Å²) in [5.74, 6) is -1.35. The molecule has 0 saturated carbocycles. The van der Waals surface area contributed by atoms with Gasteiger partial charge in [0.1, 0.15) is 0 Å². The van der Waals surface area contributed by atoms with Crippen LogP contribution in [0.5, 0.6) is 0 Å². The number of aliphatic carboxylic acids is 1. The van der Waals surface area contributed by atoms with Crippen molar-refractivity contribution in [2.75, 3.05) is 38.2 Å². The zero-order chi connectivity index (χ0) is 24.6. The van der Waals surface area contributed by atoms with Gasteiger partial charge in [0.15, 0.2) is 6.29 Å². The molecule has 0 aromatic heterocycles. The molecule has 0 spiro atoms. The first-order valence-electron chi connectivity index (χ1n) is 11.9. The number of nitrogens with one attached hydrogen (secondary N) is 1. The maximum atomic E-state index is 11.9. The van der Waals surface area contributed by atoms with Crippen molar-refractivity contribution >= 4 is 17.6 Å². The average molecular weight is 485 g/mol. The van der Waals surface area contributed by atoms with Crippen LogP contribution < -0.4 is 5.32 Å². The van der Waals surface area contributed by atoms with Gasteiger partial charge in [-0.05, 0) is 23.3 Å². The van der Waals surface area contributed by atoms with Gasteiger partial charge in [-0.3, -0.25) is 14.5 Å². The van der Waals surface area contributed by atoms with E-state index in [4.69, 9.17) is 19.3 Å². The van der Waals surface area contributed by atoms with Crippen molar-refractivity contribution in [1.29, 1.82) is 0 Å². The van der Waals surface area contributed by atoms with Gasteiger partial charge >= 0.3 is 5.97 Å². The van der Waals surface area contributed by atoms with Gasteiger partial charge in [-0.2, -0.15) is 0 Å². The van der Waals surface area contributed by atoms with E-state index in [0.717, 1.165) is 49.5 Å². The number of aliphatic hydroxyl groups excluding tert-OH is 1. The summed E-state index contributed by atoms with van der Waals surface area (Å²) in [7, 11) is 0. The van der Waals surface area contributed by atoms with Crippen molar-refractivity contribution in [3.8, 4) is 0 Å². The minimum atomic E-state index is -1.01. The molecule has 0 radical (unpaired) electrons. The number of ether oxygens (including phenoxy) is 3. The van der Waals surface area contributed by atoms with E-state index >= 15 is 0 Å². The first-order valence-corrected chi connectivity index (χ1v) is 11.9. The first kappa shape index (κ1) is 25.3. The Balaban J connectivity index is 1.46. The molecule has 9 nitrogen and oxygen atoms in total. The maximum absolute atomic E-state index is 11.9. The predicted molar refractivity (Wildman–Crippen MR) is 128 cm³/mol. The Labute approximate surface area is 204 Å². The standard InChI is InChI=1S/C26H32N2O7/c29-17-18-1-3-19(4-2-18)23-15-22(16-28-11-13-33-14-12-28)34-26(35-23)20-5-7-21(8-6-20)27-24(30)9-10-25(31)32/h1-8,22-23,26,29H,9-17H2,(H,27,30)(H,31,32)/t22-,23+,26+/m1/s1. The number of nitrogens with zero attached hydrogens (tertiary/aromatic N) is 1. The molecule has 0 aliphatic carbocycles. The van der Waals surface area contributed by atoms with Crippen LogP contribution in [0.2, 0.25) is 0 Å². The molecule has 2 fully saturated rings. The number of benzene rings is 2. The number of anilines is 1. The Bertz CT molecular complexity index is 974. The summed E-state index contributed by atoms with van der Waals surface area (Å²) in [5.41, 5.74) is 3.30. The number of rotatable bonds is 9. The Morgan fingerprint density at radius 1 is 0.943 bits per heavy atom.